The monoisotopic (exact) mass is 278 g/mol. The zero-order valence-corrected chi connectivity index (χ0v) is 12.8. The van der Waals surface area contributed by atoms with Crippen LogP contribution in [0.2, 0.25) is 0 Å². The average Bonchev–Trinajstić information content (AvgIpc) is 3.03. The predicted octanol–water partition coefficient (Wildman–Crippen LogP) is 3.98. The van der Waals surface area contributed by atoms with Gasteiger partial charge in [0.05, 0.1) is 5.52 Å². The van der Waals surface area contributed by atoms with Crippen LogP contribution in [0.1, 0.15) is 24.8 Å². The van der Waals surface area contributed by atoms with E-state index in [0.717, 1.165) is 11.4 Å². The van der Waals surface area contributed by atoms with Gasteiger partial charge in [0.25, 0.3) is 0 Å². The quantitative estimate of drug-likeness (QED) is 0.844. The maximum Gasteiger partial charge on any atom is 0.0708 e. The van der Waals surface area contributed by atoms with E-state index in [4.69, 9.17) is 0 Å². The second-order valence-corrected chi connectivity index (χ2v) is 7.02. The summed E-state index contributed by atoms with van der Waals surface area (Å²) in [6.45, 7) is 1.18. The van der Waals surface area contributed by atoms with Gasteiger partial charge in [0, 0.05) is 23.5 Å². The first-order chi connectivity index (χ1) is 10.2. The molecular formula is C19H22N2. The molecule has 1 aromatic heterocycles. The van der Waals surface area contributed by atoms with Gasteiger partial charge in [-0.1, -0.05) is 24.3 Å². The maximum atomic E-state index is 4.51. The molecule has 2 aliphatic rings. The highest BCUT2D eigenvalue weighted by atomic mass is 15.1. The molecule has 2 heteroatoms. The van der Waals surface area contributed by atoms with Crippen molar-refractivity contribution in [1.82, 2.24) is 9.88 Å². The van der Waals surface area contributed by atoms with Crippen LogP contribution in [0.15, 0.2) is 42.6 Å². The standard InChI is InChI=1S/C19H22N2/c1-21(2)13-19-9-8-14(11-19)17(12-19)15-5-3-7-18-16(15)6-4-10-20-18/h3-7,10,12,14H,8-9,11,13H2,1-2H3. The van der Waals surface area contributed by atoms with Gasteiger partial charge in [-0.2, -0.15) is 0 Å². The lowest BCUT2D eigenvalue weighted by Gasteiger charge is -2.28. The van der Waals surface area contributed by atoms with Crippen molar-refractivity contribution in [3.05, 3.63) is 48.2 Å². The van der Waals surface area contributed by atoms with Gasteiger partial charge in [-0.05, 0) is 62.5 Å². The van der Waals surface area contributed by atoms with Crippen LogP contribution in [-0.4, -0.2) is 30.5 Å². The summed E-state index contributed by atoms with van der Waals surface area (Å²) in [7, 11) is 4.38. The molecule has 21 heavy (non-hydrogen) atoms. The third kappa shape index (κ3) is 2.09. The van der Waals surface area contributed by atoms with Crippen LogP contribution < -0.4 is 0 Å². The number of rotatable bonds is 3. The van der Waals surface area contributed by atoms with E-state index in [0.29, 0.717) is 5.41 Å². The fourth-order valence-corrected chi connectivity index (χ4v) is 4.47. The Hall–Kier alpha value is -1.67. The summed E-state index contributed by atoms with van der Waals surface area (Å²) in [6, 6.07) is 10.8. The first-order valence-electron chi connectivity index (χ1n) is 7.89. The van der Waals surface area contributed by atoms with Crippen molar-refractivity contribution >= 4 is 16.5 Å². The highest BCUT2D eigenvalue weighted by Crippen LogP contribution is 2.56. The van der Waals surface area contributed by atoms with E-state index in [1.54, 1.807) is 5.57 Å². The Kier molecular flexibility index (Phi) is 2.90. The second kappa shape index (κ2) is 4.67. The van der Waals surface area contributed by atoms with Crippen LogP contribution in [0, 0.1) is 11.3 Å². The molecule has 0 radical (unpaired) electrons. The lowest BCUT2D eigenvalue weighted by atomic mass is 9.84. The molecule has 0 amide bonds. The summed E-state index contributed by atoms with van der Waals surface area (Å²) in [5.74, 6) is 0.746. The van der Waals surface area contributed by atoms with E-state index in [9.17, 15) is 0 Å². The first-order valence-corrected chi connectivity index (χ1v) is 7.89. The lowest BCUT2D eigenvalue weighted by molar-refractivity contribution is 0.261. The fraction of sp³-hybridized carbons (Fsp3) is 0.421. The van der Waals surface area contributed by atoms with Crippen molar-refractivity contribution < 1.29 is 0 Å². The summed E-state index contributed by atoms with van der Waals surface area (Å²) >= 11 is 0. The Bertz CT molecular complexity index is 711. The van der Waals surface area contributed by atoms with Crippen molar-refractivity contribution in [2.24, 2.45) is 11.3 Å². The molecule has 1 aromatic carbocycles. The molecule has 0 spiro atoms. The van der Waals surface area contributed by atoms with Gasteiger partial charge in [0.1, 0.15) is 0 Å². The maximum absolute atomic E-state index is 4.51. The van der Waals surface area contributed by atoms with Crippen molar-refractivity contribution in [2.45, 2.75) is 19.3 Å². The molecule has 2 nitrogen and oxygen atoms in total. The van der Waals surface area contributed by atoms with Gasteiger partial charge in [-0.25, -0.2) is 0 Å². The van der Waals surface area contributed by atoms with Gasteiger partial charge in [0.2, 0.25) is 0 Å². The number of aromatic nitrogens is 1. The van der Waals surface area contributed by atoms with Crippen LogP contribution in [0.5, 0.6) is 0 Å². The molecule has 1 fully saturated rings. The predicted molar refractivity (Wildman–Crippen MR) is 88.0 cm³/mol. The highest BCUT2D eigenvalue weighted by molar-refractivity contribution is 5.93. The van der Waals surface area contributed by atoms with Gasteiger partial charge in [-0.3, -0.25) is 4.98 Å². The summed E-state index contributed by atoms with van der Waals surface area (Å²) in [4.78, 5) is 6.85. The van der Waals surface area contributed by atoms with Crippen LogP contribution in [0.3, 0.4) is 0 Å². The lowest BCUT2D eigenvalue weighted by Crippen LogP contribution is -2.28. The largest absolute Gasteiger partial charge is 0.309 e. The third-order valence-corrected chi connectivity index (χ3v) is 5.13. The van der Waals surface area contributed by atoms with E-state index in [1.807, 2.05) is 6.20 Å². The minimum atomic E-state index is 0.411. The number of nitrogens with zero attached hydrogens (tertiary/aromatic N) is 2. The topological polar surface area (TPSA) is 16.1 Å². The molecule has 2 aromatic rings. The van der Waals surface area contributed by atoms with Crippen LogP contribution in [-0.2, 0) is 0 Å². The number of allylic oxidation sites excluding steroid dienone is 1. The highest BCUT2D eigenvalue weighted by Gasteiger charge is 2.45. The number of pyridine rings is 1. The molecule has 1 saturated carbocycles. The zero-order valence-electron chi connectivity index (χ0n) is 12.8. The number of fused-ring (bicyclic) bond motifs is 3. The molecule has 4 rings (SSSR count). The van der Waals surface area contributed by atoms with Crippen molar-refractivity contribution in [3.8, 4) is 0 Å². The summed E-state index contributed by atoms with van der Waals surface area (Å²) in [5, 5.41) is 1.30. The van der Waals surface area contributed by atoms with E-state index < -0.39 is 0 Å². The molecule has 2 unspecified atom stereocenters. The molecule has 0 saturated heterocycles. The number of hydrogen-bond donors (Lipinski definition) is 0. The third-order valence-electron chi connectivity index (χ3n) is 5.13. The number of hydrogen-bond acceptors (Lipinski definition) is 2. The van der Waals surface area contributed by atoms with E-state index in [-0.39, 0.29) is 0 Å². The first kappa shape index (κ1) is 13.0. The van der Waals surface area contributed by atoms with Crippen LogP contribution >= 0.6 is 0 Å². The van der Waals surface area contributed by atoms with Gasteiger partial charge in [0.15, 0.2) is 0 Å². The molecule has 108 valence electrons. The van der Waals surface area contributed by atoms with Crippen LogP contribution in [0.25, 0.3) is 16.5 Å². The normalized spacial score (nSPS) is 27.6. The molecule has 2 aliphatic carbocycles. The van der Waals surface area contributed by atoms with Gasteiger partial charge in [-0.15, -0.1) is 0 Å². The van der Waals surface area contributed by atoms with Crippen molar-refractivity contribution in [2.75, 3.05) is 20.6 Å². The smallest absolute Gasteiger partial charge is 0.0708 e. The molecule has 2 bridgehead atoms. The minimum absolute atomic E-state index is 0.411. The SMILES string of the molecule is CN(C)CC12C=C(c3cccc4ncccc34)C(CC1)C2. The Labute approximate surface area is 126 Å². The molecule has 2 atom stereocenters. The zero-order chi connectivity index (χ0) is 14.4. The van der Waals surface area contributed by atoms with E-state index >= 15 is 0 Å². The molecule has 0 aliphatic heterocycles. The Morgan fingerprint density at radius 3 is 3.00 bits per heavy atom. The Morgan fingerprint density at radius 1 is 1.24 bits per heavy atom. The Morgan fingerprint density at radius 2 is 2.14 bits per heavy atom. The molecule has 0 N–H and O–H groups in total. The van der Waals surface area contributed by atoms with Crippen LogP contribution in [0.4, 0.5) is 0 Å². The summed E-state index contributed by atoms with van der Waals surface area (Å²) in [5.41, 5.74) is 4.50. The fourth-order valence-electron chi connectivity index (χ4n) is 4.47. The van der Waals surface area contributed by atoms with Gasteiger partial charge < -0.3 is 4.90 Å². The van der Waals surface area contributed by atoms with E-state index in [2.05, 4.69) is 60.4 Å². The minimum Gasteiger partial charge on any atom is -0.309 e. The second-order valence-electron chi connectivity index (χ2n) is 7.02. The van der Waals surface area contributed by atoms with Crippen molar-refractivity contribution in [1.29, 1.82) is 0 Å². The Balaban J connectivity index is 1.81. The number of benzene rings is 1. The molecular weight excluding hydrogens is 256 g/mol. The van der Waals surface area contributed by atoms with Gasteiger partial charge >= 0.3 is 0 Å². The van der Waals surface area contributed by atoms with Crippen molar-refractivity contribution in [3.63, 3.8) is 0 Å². The van der Waals surface area contributed by atoms with E-state index in [1.165, 1.54) is 36.8 Å². The average molecular weight is 278 g/mol. The summed E-state index contributed by atoms with van der Waals surface area (Å²) in [6.07, 6.45) is 8.49. The molecule has 1 heterocycles. The summed E-state index contributed by atoms with van der Waals surface area (Å²) < 4.78 is 0.